The number of aliphatic carboxylic acids is 2. The van der Waals surface area contributed by atoms with Gasteiger partial charge in [0.15, 0.2) is 0 Å². The van der Waals surface area contributed by atoms with Gasteiger partial charge in [-0.15, -0.1) is 0 Å². The Morgan fingerprint density at radius 3 is 1.81 bits per heavy atom. The summed E-state index contributed by atoms with van der Waals surface area (Å²) < 4.78 is 0. The first kappa shape index (κ1) is 32.1. The Hall–Kier alpha value is -5.39. The zero-order chi connectivity index (χ0) is 31.2. The molecule has 0 bridgehead atoms. The molecule has 3 aromatic carbocycles. The fourth-order valence-corrected chi connectivity index (χ4v) is 3.97. The molecule has 0 saturated carbocycles. The van der Waals surface area contributed by atoms with Crippen molar-refractivity contribution in [3.63, 3.8) is 0 Å². The number of hydrogen-bond acceptors (Lipinski definition) is 7. The van der Waals surface area contributed by atoms with Crippen molar-refractivity contribution in [2.75, 3.05) is 0 Å². The summed E-state index contributed by atoms with van der Waals surface area (Å²) in [7, 11) is 0. The lowest BCUT2D eigenvalue weighted by Gasteiger charge is -2.24. The van der Waals surface area contributed by atoms with Gasteiger partial charge in [0.2, 0.25) is 17.7 Å². The molecule has 0 aliphatic carbocycles. The third-order valence-corrected chi connectivity index (χ3v) is 6.28. The van der Waals surface area contributed by atoms with E-state index in [1.165, 1.54) is 6.92 Å². The second-order valence-electron chi connectivity index (χ2n) is 9.75. The number of benzene rings is 3. The molecule has 0 radical (unpaired) electrons. The molecule has 3 atom stereocenters. The van der Waals surface area contributed by atoms with Crippen LogP contribution in [0.4, 0.5) is 11.4 Å². The van der Waals surface area contributed by atoms with Gasteiger partial charge in [-0.25, -0.2) is 0 Å². The van der Waals surface area contributed by atoms with E-state index in [-0.39, 0.29) is 19.3 Å². The summed E-state index contributed by atoms with van der Waals surface area (Å²) in [6, 6.07) is 21.1. The van der Waals surface area contributed by atoms with Gasteiger partial charge in [0, 0.05) is 12.8 Å². The van der Waals surface area contributed by atoms with E-state index in [1.807, 2.05) is 30.3 Å². The minimum atomic E-state index is -1.26. The Labute approximate surface area is 248 Å². The number of azo groups is 1. The van der Waals surface area contributed by atoms with Crippen LogP contribution in [-0.2, 0) is 36.8 Å². The summed E-state index contributed by atoms with van der Waals surface area (Å²) in [4.78, 5) is 61.6. The maximum absolute atomic E-state index is 13.3. The first-order valence-corrected chi connectivity index (χ1v) is 13.5. The van der Waals surface area contributed by atoms with E-state index in [4.69, 9.17) is 0 Å². The molecule has 0 unspecified atom stereocenters. The van der Waals surface area contributed by atoms with E-state index in [1.54, 1.807) is 54.6 Å². The van der Waals surface area contributed by atoms with Gasteiger partial charge in [-0.2, -0.15) is 10.2 Å². The molecular formula is C31H33N5O7. The van der Waals surface area contributed by atoms with E-state index in [2.05, 4.69) is 26.2 Å². The predicted octanol–water partition coefficient (Wildman–Crippen LogP) is 3.31. The number of nitrogens with zero attached hydrogens (tertiary/aromatic N) is 2. The van der Waals surface area contributed by atoms with Crippen LogP contribution >= 0.6 is 0 Å². The predicted molar refractivity (Wildman–Crippen MR) is 157 cm³/mol. The van der Waals surface area contributed by atoms with Crippen LogP contribution in [0.1, 0.15) is 30.9 Å². The third kappa shape index (κ3) is 11.2. The maximum atomic E-state index is 13.3. The van der Waals surface area contributed by atoms with Gasteiger partial charge in [0.25, 0.3) is 0 Å². The first-order chi connectivity index (χ1) is 20.6. The number of rotatable bonds is 15. The summed E-state index contributed by atoms with van der Waals surface area (Å²) in [5.74, 6) is -4.46. The molecule has 43 heavy (non-hydrogen) atoms. The quantitative estimate of drug-likeness (QED) is 0.169. The molecule has 3 amide bonds. The standard InChI is InChI=1S/C31H33N5O7/c1-20(31(42)43)32-30(41)26(18-21-8-4-2-5-9-21)34-29(40)25(16-17-28(38)39)33-27(37)19-22-12-14-24(15-13-22)36-35-23-10-6-3-7-11-23/h2-15,20,25-26H,16-19H2,1H3,(H,32,41)(H,33,37)(H,34,40)(H,38,39)(H,42,43)/t20-,25-,26-/m0/s1. The van der Waals surface area contributed by atoms with Gasteiger partial charge in [0.1, 0.15) is 18.1 Å². The summed E-state index contributed by atoms with van der Waals surface area (Å²) in [6.07, 6.45) is -0.697. The Morgan fingerprint density at radius 1 is 0.674 bits per heavy atom. The molecule has 224 valence electrons. The van der Waals surface area contributed by atoms with E-state index in [0.29, 0.717) is 22.5 Å². The highest BCUT2D eigenvalue weighted by Crippen LogP contribution is 2.18. The van der Waals surface area contributed by atoms with Crippen molar-refractivity contribution in [3.05, 3.63) is 96.1 Å². The molecule has 12 nitrogen and oxygen atoms in total. The lowest BCUT2D eigenvalue weighted by molar-refractivity contribution is -0.141. The highest BCUT2D eigenvalue weighted by atomic mass is 16.4. The van der Waals surface area contributed by atoms with Crippen LogP contribution in [-0.4, -0.2) is 58.0 Å². The van der Waals surface area contributed by atoms with E-state index in [9.17, 15) is 34.2 Å². The number of carbonyl (C=O) groups is 5. The molecule has 0 aliphatic rings. The van der Waals surface area contributed by atoms with Gasteiger partial charge in [-0.1, -0.05) is 60.7 Å². The maximum Gasteiger partial charge on any atom is 0.325 e. The van der Waals surface area contributed by atoms with E-state index < -0.39 is 54.2 Å². The highest BCUT2D eigenvalue weighted by Gasteiger charge is 2.29. The second-order valence-corrected chi connectivity index (χ2v) is 9.75. The number of amides is 3. The van der Waals surface area contributed by atoms with Crippen LogP contribution in [0.3, 0.4) is 0 Å². The number of carboxylic acid groups (broad SMARTS) is 2. The molecule has 12 heteroatoms. The fourth-order valence-electron chi connectivity index (χ4n) is 3.97. The zero-order valence-electron chi connectivity index (χ0n) is 23.5. The molecule has 3 rings (SSSR count). The van der Waals surface area contributed by atoms with Gasteiger partial charge < -0.3 is 26.2 Å². The lowest BCUT2D eigenvalue weighted by atomic mass is 10.0. The van der Waals surface area contributed by atoms with Crippen molar-refractivity contribution in [2.24, 2.45) is 10.2 Å². The van der Waals surface area contributed by atoms with Crippen molar-refractivity contribution >= 4 is 41.0 Å². The van der Waals surface area contributed by atoms with Crippen molar-refractivity contribution in [2.45, 2.75) is 50.7 Å². The van der Waals surface area contributed by atoms with Crippen LogP contribution in [0.15, 0.2) is 95.2 Å². The smallest absolute Gasteiger partial charge is 0.325 e. The SMILES string of the molecule is C[C@H](NC(=O)[C@H](Cc1ccccc1)NC(=O)[C@H](CCC(=O)O)NC(=O)Cc1ccc(N=Nc2ccccc2)cc1)C(=O)O. The first-order valence-electron chi connectivity index (χ1n) is 13.5. The lowest BCUT2D eigenvalue weighted by Crippen LogP contribution is -2.56. The molecule has 0 heterocycles. The Bertz CT molecular complexity index is 1430. The molecule has 5 N–H and O–H groups in total. The summed E-state index contributed by atoms with van der Waals surface area (Å²) in [5, 5.41) is 34.2. The number of carboxylic acids is 2. The van der Waals surface area contributed by atoms with Crippen LogP contribution in [0.25, 0.3) is 0 Å². The normalized spacial score (nSPS) is 13.0. The summed E-state index contributed by atoms with van der Waals surface area (Å²) in [6.45, 7) is 1.29. The Morgan fingerprint density at radius 2 is 1.23 bits per heavy atom. The minimum Gasteiger partial charge on any atom is -0.481 e. The number of carbonyl (C=O) groups excluding carboxylic acids is 3. The molecule has 3 aromatic rings. The van der Waals surface area contributed by atoms with E-state index in [0.717, 1.165) is 0 Å². The van der Waals surface area contributed by atoms with Gasteiger partial charge in [-0.05, 0) is 48.7 Å². The van der Waals surface area contributed by atoms with Crippen molar-refractivity contribution in [3.8, 4) is 0 Å². The fraction of sp³-hybridized carbons (Fsp3) is 0.258. The molecular weight excluding hydrogens is 554 g/mol. The average molecular weight is 588 g/mol. The van der Waals surface area contributed by atoms with Gasteiger partial charge in [0.05, 0.1) is 17.8 Å². The second kappa shape index (κ2) is 16.2. The number of hydrogen-bond donors (Lipinski definition) is 5. The summed E-state index contributed by atoms with van der Waals surface area (Å²) in [5.41, 5.74) is 2.59. The molecule has 0 saturated heterocycles. The molecule has 0 aliphatic heterocycles. The summed E-state index contributed by atoms with van der Waals surface area (Å²) >= 11 is 0. The third-order valence-electron chi connectivity index (χ3n) is 6.28. The van der Waals surface area contributed by atoms with E-state index >= 15 is 0 Å². The molecule has 0 aromatic heterocycles. The molecule has 0 fully saturated rings. The van der Waals surface area contributed by atoms with Gasteiger partial charge >= 0.3 is 11.9 Å². The average Bonchev–Trinajstić information content (AvgIpc) is 2.99. The Kier molecular flexibility index (Phi) is 12.1. The topological polar surface area (TPSA) is 187 Å². The van der Waals surface area contributed by atoms with Crippen LogP contribution in [0, 0.1) is 0 Å². The van der Waals surface area contributed by atoms with Crippen LogP contribution in [0.5, 0.6) is 0 Å². The highest BCUT2D eigenvalue weighted by molar-refractivity contribution is 5.94. The Balaban J connectivity index is 1.68. The van der Waals surface area contributed by atoms with Crippen molar-refractivity contribution in [1.29, 1.82) is 0 Å². The molecule has 0 spiro atoms. The zero-order valence-corrected chi connectivity index (χ0v) is 23.5. The van der Waals surface area contributed by atoms with Crippen molar-refractivity contribution in [1.82, 2.24) is 16.0 Å². The van der Waals surface area contributed by atoms with Crippen molar-refractivity contribution < 1.29 is 34.2 Å². The van der Waals surface area contributed by atoms with Gasteiger partial charge in [-0.3, -0.25) is 24.0 Å². The van der Waals surface area contributed by atoms with Crippen LogP contribution in [0.2, 0.25) is 0 Å². The van der Waals surface area contributed by atoms with Crippen LogP contribution < -0.4 is 16.0 Å². The number of nitrogens with one attached hydrogen (secondary N) is 3. The minimum absolute atomic E-state index is 0.0400. The monoisotopic (exact) mass is 587 g/mol. The largest absolute Gasteiger partial charge is 0.481 e.